The van der Waals surface area contributed by atoms with E-state index >= 15 is 0 Å². The fraction of sp³-hybridized carbons (Fsp3) is 0.500. The molecule has 0 saturated carbocycles. The number of carbonyl (C=O) groups excluding carboxylic acids is 1. The first-order chi connectivity index (χ1) is 11.8. The van der Waals surface area contributed by atoms with E-state index < -0.39 is 0 Å². The van der Waals surface area contributed by atoms with Crippen LogP contribution in [0.15, 0.2) is 23.0 Å². The number of aromatic nitrogens is 2. The van der Waals surface area contributed by atoms with Gasteiger partial charge in [0.1, 0.15) is 0 Å². The number of carbonyl (C=O) groups is 1. The fourth-order valence-electron chi connectivity index (χ4n) is 2.42. The van der Waals surface area contributed by atoms with Gasteiger partial charge in [-0.05, 0) is 49.7 Å². The summed E-state index contributed by atoms with van der Waals surface area (Å²) in [5.41, 5.74) is 0.919. The van der Waals surface area contributed by atoms with Crippen molar-refractivity contribution < 1.29 is 9.53 Å². The molecule has 0 aliphatic carbocycles. The Morgan fingerprint density at radius 3 is 2.72 bits per heavy atom. The minimum atomic E-state index is -0.160. The van der Waals surface area contributed by atoms with Gasteiger partial charge in [-0.2, -0.15) is 0 Å². The van der Waals surface area contributed by atoms with Crippen molar-refractivity contribution in [2.75, 3.05) is 13.7 Å². The van der Waals surface area contributed by atoms with E-state index in [-0.39, 0.29) is 17.5 Å². The zero-order valence-corrected chi connectivity index (χ0v) is 15.9. The first kappa shape index (κ1) is 19.3. The molecule has 0 spiro atoms. The molecule has 136 valence electrons. The Morgan fingerprint density at radius 1 is 1.36 bits per heavy atom. The van der Waals surface area contributed by atoms with E-state index in [1.165, 1.54) is 4.57 Å². The van der Waals surface area contributed by atoms with E-state index in [4.69, 9.17) is 17.0 Å². The number of aromatic amines is 1. The van der Waals surface area contributed by atoms with Gasteiger partial charge in [-0.1, -0.05) is 13.8 Å². The van der Waals surface area contributed by atoms with Crippen LogP contribution in [0, 0.1) is 10.7 Å². The number of methoxy groups -OCH3 is 1. The third-order valence-corrected chi connectivity index (χ3v) is 4.66. The second kappa shape index (κ2) is 8.40. The summed E-state index contributed by atoms with van der Waals surface area (Å²) in [6.07, 6.45) is 0.701. The van der Waals surface area contributed by atoms with Crippen molar-refractivity contribution in [3.63, 3.8) is 0 Å². The van der Waals surface area contributed by atoms with E-state index in [1.54, 1.807) is 25.3 Å². The van der Waals surface area contributed by atoms with Crippen molar-refractivity contribution in [2.45, 2.75) is 39.8 Å². The Balaban J connectivity index is 2.35. The number of H-pyrrole nitrogens is 1. The molecule has 1 aromatic carbocycles. The maximum atomic E-state index is 12.6. The molecule has 0 saturated heterocycles. The van der Waals surface area contributed by atoms with Gasteiger partial charge in [0.05, 0.1) is 10.9 Å². The van der Waals surface area contributed by atoms with E-state index in [0.29, 0.717) is 46.7 Å². The monoisotopic (exact) mass is 363 g/mol. The summed E-state index contributed by atoms with van der Waals surface area (Å²) in [7, 11) is 1.62. The van der Waals surface area contributed by atoms with E-state index in [9.17, 15) is 9.59 Å². The van der Waals surface area contributed by atoms with Gasteiger partial charge in [-0.3, -0.25) is 14.2 Å². The van der Waals surface area contributed by atoms with Crippen LogP contribution >= 0.6 is 12.2 Å². The minimum Gasteiger partial charge on any atom is -0.385 e. The molecule has 0 aliphatic rings. The smallest absolute Gasteiger partial charge is 0.262 e. The molecule has 6 nitrogen and oxygen atoms in total. The van der Waals surface area contributed by atoms with Crippen molar-refractivity contribution in [3.8, 4) is 0 Å². The van der Waals surface area contributed by atoms with E-state index in [2.05, 4.69) is 24.1 Å². The zero-order valence-electron chi connectivity index (χ0n) is 15.1. The molecule has 1 heterocycles. The van der Waals surface area contributed by atoms with Crippen LogP contribution in [0.2, 0.25) is 0 Å². The quantitative estimate of drug-likeness (QED) is 0.586. The van der Waals surface area contributed by atoms with Crippen LogP contribution < -0.4 is 10.9 Å². The van der Waals surface area contributed by atoms with Crippen molar-refractivity contribution in [3.05, 3.63) is 38.9 Å². The lowest BCUT2D eigenvalue weighted by Gasteiger charge is -2.17. The number of ether oxygens (including phenoxy) is 1. The Hall–Kier alpha value is -1.99. The number of nitrogens with zero attached hydrogens (tertiary/aromatic N) is 1. The third kappa shape index (κ3) is 4.55. The van der Waals surface area contributed by atoms with Crippen LogP contribution in [0.1, 0.15) is 37.6 Å². The Bertz CT molecular complexity index is 870. The van der Waals surface area contributed by atoms with Gasteiger partial charge < -0.3 is 15.0 Å². The highest BCUT2D eigenvalue weighted by atomic mass is 32.1. The van der Waals surface area contributed by atoms with E-state index in [0.717, 1.165) is 0 Å². The molecular formula is C18H25N3O3S. The lowest BCUT2D eigenvalue weighted by molar-refractivity contribution is 0.0930. The molecule has 1 atom stereocenters. The van der Waals surface area contributed by atoms with Crippen molar-refractivity contribution in [2.24, 2.45) is 5.92 Å². The third-order valence-electron chi connectivity index (χ3n) is 4.33. The number of hydrogen-bond donors (Lipinski definition) is 2. The minimum absolute atomic E-state index is 0.0653. The average molecular weight is 363 g/mol. The molecule has 2 aromatic rings. The van der Waals surface area contributed by atoms with Crippen LogP contribution in [0.3, 0.4) is 0 Å². The first-order valence-electron chi connectivity index (χ1n) is 8.41. The lowest BCUT2D eigenvalue weighted by Crippen LogP contribution is -2.36. The maximum Gasteiger partial charge on any atom is 0.262 e. The van der Waals surface area contributed by atoms with Gasteiger partial charge in [0, 0.05) is 31.9 Å². The van der Waals surface area contributed by atoms with Crippen molar-refractivity contribution >= 4 is 29.0 Å². The molecule has 1 aromatic heterocycles. The standard InChI is InChI=1S/C18H25N3O3S/c1-11(2)12(3)19-16(22)13-6-7-14-15(10-13)20-18(25)21(17(14)23)8-5-9-24-4/h6-7,10-12H,5,8-9H2,1-4H3,(H,19,22)(H,20,25). The molecule has 2 N–H and O–H groups in total. The first-order valence-corrected chi connectivity index (χ1v) is 8.82. The summed E-state index contributed by atoms with van der Waals surface area (Å²) < 4.78 is 6.89. The second-order valence-corrected chi connectivity index (χ2v) is 6.89. The predicted molar refractivity (Wildman–Crippen MR) is 102 cm³/mol. The molecule has 0 fully saturated rings. The summed E-state index contributed by atoms with van der Waals surface area (Å²) in [6, 6.07) is 5.08. The highest BCUT2D eigenvalue weighted by Gasteiger charge is 2.14. The molecule has 1 unspecified atom stereocenters. The summed E-state index contributed by atoms with van der Waals surface area (Å²) in [5, 5.41) is 3.47. The normalized spacial score (nSPS) is 12.5. The van der Waals surface area contributed by atoms with Gasteiger partial charge in [-0.15, -0.1) is 0 Å². The van der Waals surface area contributed by atoms with Crippen molar-refractivity contribution in [1.82, 2.24) is 14.9 Å². The average Bonchev–Trinajstić information content (AvgIpc) is 2.57. The topological polar surface area (TPSA) is 76.1 Å². The molecule has 1 amide bonds. The summed E-state index contributed by atoms with van der Waals surface area (Å²) in [4.78, 5) is 28.0. The van der Waals surface area contributed by atoms with Crippen LogP contribution in [0.25, 0.3) is 10.9 Å². The molecule has 25 heavy (non-hydrogen) atoms. The molecule has 0 bridgehead atoms. The number of amides is 1. The largest absolute Gasteiger partial charge is 0.385 e. The van der Waals surface area contributed by atoms with Crippen LogP contribution in [-0.2, 0) is 11.3 Å². The fourth-order valence-corrected chi connectivity index (χ4v) is 2.71. The number of hydrogen-bond acceptors (Lipinski definition) is 4. The Morgan fingerprint density at radius 2 is 2.08 bits per heavy atom. The number of rotatable bonds is 7. The van der Waals surface area contributed by atoms with Crippen LogP contribution in [-0.4, -0.2) is 35.2 Å². The molecule has 7 heteroatoms. The summed E-state index contributed by atoms with van der Waals surface area (Å²) in [5.74, 6) is 0.182. The Labute approximate surface area is 152 Å². The maximum absolute atomic E-state index is 12.6. The van der Waals surface area contributed by atoms with Gasteiger partial charge in [0.15, 0.2) is 4.77 Å². The van der Waals surface area contributed by atoms with Gasteiger partial charge in [0.2, 0.25) is 0 Å². The van der Waals surface area contributed by atoms with Gasteiger partial charge in [0.25, 0.3) is 11.5 Å². The molecule has 0 aliphatic heterocycles. The zero-order chi connectivity index (χ0) is 18.6. The molecule has 2 rings (SSSR count). The van der Waals surface area contributed by atoms with Crippen LogP contribution in [0.4, 0.5) is 0 Å². The summed E-state index contributed by atoms with van der Waals surface area (Å²) >= 11 is 5.30. The highest BCUT2D eigenvalue weighted by molar-refractivity contribution is 7.71. The van der Waals surface area contributed by atoms with E-state index in [1.807, 2.05) is 6.92 Å². The molecule has 0 radical (unpaired) electrons. The SMILES string of the molecule is COCCCn1c(=S)[nH]c2cc(C(=O)NC(C)C(C)C)ccc2c1=O. The van der Waals surface area contributed by atoms with Crippen molar-refractivity contribution in [1.29, 1.82) is 0 Å². The van der Waals surface area contributed by atoms with Crippen LogP contribution in [0.5, 0.6) is 0 Å². The Kier molecular flexibility index (Phi) is 6.50. The highest BCUT2D eigenvalue weighted by Crippen LogP contribution is 2.12. The predicted octanol–water partition coefficient (Wildman–Crippen LogP) is 2.87. The second-order valence-electron chi connectivity index (χ2n) is 6.50. The van der Waals surface area contributed by atoms with Gasteiger partial charge >= 0.3 is 0 Å². The molecular weight excluding hydrogens is 338 g/mol. The number of fused-ring (bicyclic) bond motifs is 1. The lowest BCUT2D eigenvalue weighted by atomic mass is 10.1. The number of benzene rings is 1. The van der Waals surface area contributed by atoms with Gasteiger partial charge in [-0.25, -0.2) is 0 Å². The number of nitrogens with one attached hydrogen (secondary N) is 2. The summed E-state index contributed by atoms with van der Waals surface area (Å²) in [6.45, 7) is 7.12.